The second kappa shape index (κ2) is 9.63. The van der Waals surface area contributed by atoms with Gasteiger partial charge in [0.1, 0.15) is 11.6 Å². The van der Waals surface area contributed by atoms with E-state index in [1.54, 1.807) is 49.5 Å². The zero-order valence-electron chi connectivity index (χ0n) is 17.9. The number of carbonyl (C=O) groups excluding carboxylic acids is 2. The maximum absolute atomic E-state index is 12.1. The lowest BCUT2D eigenvalue weighted by Gasteiger charge is -2.15. The van der Waals surface area contributed by atoms with Gasteiger partial charge in [-0.05, 0) is 29.8 Å². The average Bonchev–Trinajstić information content (AvgIpc) is 2.99. The topological polar surface area (TPSA) is 149 Å². The Bertz CT molecular complexity index is 1280. The van der Waals surface area contributed by atoms with Crippen LogP contribution in [0.25, 0.3) is 0 Å². The van der Waals surface area contributed by atoms with Crippen LogP contribution in [0, 0.1) is 0 Å². The third-order valence-corrected chi connectivity index (χ3v) is 5.28. The summed E-state index contributed by atoms with van der Waals surface area (Å²) in [5.41, 5.74) is 2.66. The number of nitrogens with zero attached hydrogens (tertiary/aromatic N) is 3. The van der Waals surface area contributed by atoms with Gasteiger partial charge in [0.15, 0.2) is 5.82 Å². The van der Waals surface area contributed by atoms with Crippen LogP contribution in [0.4, 0.5) is 33.6 Å². The van der Waals surface area contributed by atoms with Crippen LogP contribution in [0.1, 0.15) is 15.9 Å². The second-order valence-corrected chi connectivity index (χ2v) is 7.73. The molecule has 174 valence electrons. The van der Waals surface area contributed by atoms with Crippen LogP contribution in [0.5, 0.6) is 0 Å². The molecule has 11 nitrogen and oxygen atoms in total. The van der Waals surface area contributed by atoms with Crippen LogP contribution in [0.3, 0.4) is 0 Å². The molecule has 0 saturated carbocycles. The third kappa shape index (κ3) is 4.99. The molecule has 0 unspecified atom stereocenters. The molecule has 1 aliphatic rings. The van der Waals surface area contributed by atoms with E-state index in [1.165, 1.54) is 6.20 Å². The fourth-order valence-electron chi connectivity index (χ4n) is 3.36. The zero-order valence-corrected chi connectivity index (χ0v) is 18.7. The molecule has 3 aromatic rings. The van der Waals surface area contributed by atoms with E-state index >= 15 is 0 Å². The summed E-state index contributed by atoms with van der Waals surface area (Å²) in [5, 5.41) is 20.9. The fourth-order valence-corrected chi connectivity index (χ4v) is 3.50. The van der Waals surface area contributed by atoms with E-state index in [4.69, 9.17) is 11.6 Å². The summed E-state index contributed by atoms with van der Waals surface area (Å²) >= 11 is 6.27. The second-order valence-electron chi connectivity index (χ2n) is 7.32. The van der Waals surface area contributed by atoms with Crippen LogP contribution in [-0.2, 0) is 11.3 Å². The SMILES string of the molecule is CNC(=O)c1ccccc1Nc1nc(Nc2ccc3c(c2)NC(=O)CN(C(=O)O)C3)ncc1Cl. The number of anilines is 5. The van der Waals surface area contributed by atoms with Gasteiger partial charge in [-0.25, -0.2) is 9.78 Å². The Labute approximate surface area is 199 Å². The molecular formula is C22H20ClN7O4. The minimum Gasteiger partial charge on any atom is -0.465 e. The van der Waals surface area contributed by atoms with Crippen molar-refractivity contribution in [1.29, 1.82) is 0 Å². The van der Waals surface area contributed by atoms with E-state index in [0.29, 0.717) is 28.2 Å². The summed E-state index contributed by atoms with van der Waals surface area (Å²) in [5.74, 6) is -0.186. The van der Waals surface area contributed by atoms with Crippen molar-refractivity contribution in [3.8, 4) is 0 Å². The molecule has 3 amide bonds. The quantitative estimate of drug-likeness (QED) is 0.372. The molecule has 0 spiro atoms. The largest absolute Gasteiger partial charge is 0.465 e. The monoisotopic (exact) mass is 481 g/mol. The molecule has 4 rings (SSSR count). The maximum Gasteiger partial charge on any atom is 0.408 e. The van der Waals surface area contributed by atoms with Gasteiger partial charge < -0.3 is 26.4 Å². The summed E-state index contributed by atoms with van der Waals surface area (Å²) in [7, 11) is 1.54. The van der Waals surface area contributed by atoms with Crippen molar-refractivity contribution in [2.45, 2.75) is 6.54 Å². The number of benzene rings is 2. The van der Waals surface area contributed by atoms with Crippen molar-refractivity contribution < 1.29 is 19.5 Å². The Morgan fingerprint density at radius 3 is 2.71 bits per heavy atom. The first-order chi connectivity index (χ1) is 16.3. The highest BCUT2D eigenvalue weighted by Crippen LogP contribution is 2.29. The predicted molar refractivity (Wildman–Crippen MR) is 127 cm³/mol. The summed E-state index contributed by atoms with van der Waals surface area (Å²) in [6, 6.07) is 12.0. The van der Waals surface area contributed by atoms with Gasteiger partial charge in [-0.15, -0.1) is 0 Å². The highest BCUT2D eigenvalue weighted by molar-refractivity contribution is 6.33. The Balaban J connectivity index is 1.58. The van der Waals surface area contributed by atoms with Gasteiger partial charge in [0.25, 0.3) is 5.91 Å². The lowest BCUT2D eigenvalue weighted by atomic mass is 10.1. The highest BCUT2D eigenvalue weighted by Gasteiger charge is 2.23. The molecule has 0 radical (unpaired) electrons. The first kappa shape index (κ1) is 22.8. The molecule has 34 heavy (non-hydrogen) atoms. The molecule has 0 saturated heterocycles. The Kier molecular flexibility index (Phi) is 6.46. The van der Waals surface area contributed by atoms with Gasteiger partial charge in [0.2, 0.25) is 11.9 Å². The predicted octanol–water partition coefficient (Wildman–Crippen LogP) is 3.41. The first-order valence-corrected chi connectivity index (χ1v) is 10.5. The molecule has 1 aliphatic heterocycles. The van der Waals surface area contributed by atoms with Gasteiger partial charge in [0.05, 0.1) is 24.0 Å². The van der Waals surface area contributed by atoms with Crippen LogP contribution in [-0.4, -0.2) is 51.5 Å². The number of hydrogen-bond acceptors (Lipinski definition) is 7. The Morgan fingerprint density at radius 2 is 1.94 bits per heavy atom. The first-order valence-electron chi connectivity index (χ1n) is 10.1. The van der Waals surface area contributed by atoms with Crippen molar-refractivity contribution in [2.24, 2.45) is 0 Å². The van der Waals surface area contributed by atoms with E-state index < -0.39 is 12.0 Å². The number of nitrogens with one attached hydrogen (secondary N) is 4. The minimum atomic E-state index is -1.17. The van der Waals surface area contributed by atoms with Crippen molar-refractivity contribution in [3.63, 3.8) is 0 Å². The Hall–Kier alpha value is -4.38. The van der Waals surface area contributed by atoms with Crippen LogP contribution < -0.4 is 21.3 Å². The van der Waals surface area contributed by atoms with Gasteiger partial charge >= 0.3 is 6.09 Å². The number of para-hydroxylation sites is 1. The third-order valence-electron chi connectivity index (χ3n) is 5.00. The summed E-state index contributed by atoms with van der Waals surface area (Å²) < 4.78 is 0. The van der Waals surface area contributed by atoms with E-state index in [1.807, 2.05) is 0 Å². The summed E-state index contributed by atoms with van der Waals surface area (Å²) in [6.07, 6.45) is 0.246. The molecule has 0 bridgehead atoms. The lowest BCUT2D eigenvalue weighted by molar-refractivity contribution is -0.116. The fraction of sp³-hybridized carbons (Fsp3) is 0.136. The minimum absolute atomic E-state index is 0.0833. The number of carboxylic acid groups (broad SMARTS) is 1. The van der Waals surface area contributed by atoms with Crippen molar-refractivity contribution >= 4 is 58.3 Å². The normalized spacial score (nSPS) is 12.8. The van der Waals surface area contributed by atoms with Gasteiger partial charge in [-0.2, -0.15) is 4.98 Å². The van der Waals surface area contributed by atoms with E-state index in [0.717, 1.165) is 4.90 Å². The van der Waals surface area contributed by atoms with Crippen molar-refractivity contribution in [3.05, 3.63) is 64.8 Å². The molecule has 5 N–H and O–H groups in total. The number of aromatic nitrogens is 2. The van der Waals surface area contributed by atoms with Crippen LogP contribution in [0.15, 0.2) is 48.7 Å². The molecular weight excluding hydrogens is 462 g/mol. The number of hydrogen-bond donors (Lipinski definition) is 5. The lowest BCUT2D eigenvalue weighted by Crippen LogP contribution is -2.33. The molecule has 2 heterocycles. The molecule has 0 atom stereocenters. The number of fused-ring (bicyclic) bond motifs is 1. The summed E-state index contributed by atoms with van der Waals surface area (Å²) in [6.45, 7) is -0.167. The molecule has 0 aliphatic carbocycles. The number of carbonyl (C=O) groups is 3. The smallest absolute Gasteiger partial charge is 0.408 e. The molecule has 1 aromatic heterocycles. The van der Waals surface area contributed by atoms with Crippen molar-refractivity contribution in [2.75, 3.05) is 29.5 Å². The van der Waals surface area contributed by atoms with Crippen LogP contribution >= 0.6 is 11.6 Å². The summed E-state index contributed by atoms with van der Waals surface area (Å²) in [4.78, 5) is 45.1. The standard InChI is InChI=1S/C22H20ClN7O4/c1-24-20(32)14-4-2-3-5-16(14)28-19-15(23)9-25-21(29-19)26-13-7-6-12-10-30(22(33)34)11-18(31)27-17(12)8-13/h2-9H,10-11H2,1H3,(H,24,32)(H,27,31)(H,33,34)(H2,25,26,28,29). The average molecular weight is 482 g/mol. The highest BCUT2D eigenvalue weighted by atomic mass is 35.5. The van der Waals surface area contributed by atoms with Crippen LogP contribution in [0.2, 0.25) is 5.02 Å². The number of amides is 3. The molecule has 0 fully saturated rings. The zero-order chi connectivity index (χ0) is 24.2. The Morgan fingerprint density at radius 1 is 1.15 bits per heavy atom. The molecule has 12 heteroatoms. The van der Waals surface area contributed by atoms with Gasteiger partial charge in [0, 0.05) is 18.4 Å². The number of halogens is 1. The van der Waals surface area contributed by atoms with Crippen molar-refractivity contribution in [1.82, 2.24) is 20.2 Å². The maximum atomic E-state index is 12.1. The van der Waals surface area contributed by atoms with E-state index in [-0.39, 0.29) is 35.8 Å². The van der Waals surface area contributed by atoms with E-state index in [2.05, 4.69) is 31.2 Å². The van der Waals surface area contributed by atoms with E-state index in [9.17, 15) is 19.5 Å². The van der Waals surface area contributed by atoms with Gasteiger partial charge in [-0.3, -0.25) is 14.5 Å². The number of rotatable bonds is 5. The molecule has 2 aromatic carbocycles. The van der Waals surface area contributed by atoms with Gasteiger partial charge in [-0.1, -0.05) is 29.8 Å².